The van der Waals surface area contributed by atoms with Crippen molar-refractivity contribution in [3.63, 3.8) is 0 Å². The van der Waals surface area contributed by atoms with E-state index >= 15 is 0 Å². The van der Waals surface area contributed by atoms with Crippen LogP contribution < -0.4 is 4.74 Å². The molecule has 0 unspecified atom stereocenters. The molecule has 1 aromatic rings. The molecule has 0 bridgehead atoms. The van der Waals surface area contributed by atoms with Gasteiger partial charge in [-0.15, -0.1) is 0 Å². The van der Waals surface area contributed by atoms with Gasteiger partial charge < -0.3 is 4.74 Å². The third kappa shape index (κ3) is 1.59. The SMILES string of the molecule is COc1cc(I)ncc1C. The zero-order chi connectivity index (χ0) is 7.56. The van der Waals surface area contributed by atoms with Crippen molar-refractivity contribution in [2.45, 2.75) is 6.92 Å². The molecule has 10 heavy (non-hydrogen) atoms. The van der Waals surface area contributed by atoms with Gasteiger partial charge in [-0.3, -0.25) is 0 Å². The van der Waals surface area contributed by atoms with Crippen LogP contribution in [0.4, 0.5) is 0 Å². The van der Waals surface area contributed by atoms with E-state index in [2.05, 4.69) is 27.6 Å². The third-order valence-electron chi connectivity index (χ3n) is 1.24. The molecular weight excluding hydrogens is 241 g/mol. The molecule has 0 saturated heterocycles. The summed E-state index contributed by atoms with van der Waals surface area (Å²) in [6, 6.07) is 1.91. The van der Waals surface area contributed by atoms with E-state index < -0.39 is 0 Å². The summed E-state index contributed by atoms with van der Waals surface area (Å²) in [5.74, 6) is 0.902. The predicted molar refractivity (Wildman–Crippen MR) is 48.2 cm³/mol. The molecule has 1 aromatic heterocycles. The zero-order valence-corrected chi connectivity index (χ0v) is 8.05. The van der Waals surface area contributed by atoms with Crippen LogP contribution in [0.3, 0.4) is 0 Å². The first-order valence-corrected chi connectivity index (χ1v) is 3.98. The molecule has 1 rings (SSSR count). The second-order valence-corrected chi connectivity index (χ2v) is 3.08. The molecule has 0 aliphatic carbocycles. The second kappa shape index (κ2) is 3.18. The van der Waals surface area contributed by atoms with Crippen molar-refractivity contribution in [1.29, 1.82) is 0 Å². The summed E-state index contributed by atoms with van der Waals surface area (Å²) in [6.45, 7) is 1.97. The number of aromatic nitrogens is 1. The number of ether oxygens (including phenoxy) is 1. The van der Waals surface area contributed by atoms with Crippen molar-refractivity contribution in [2.24, 2.45) is 0 Å². The maximum atomic E-state index is 5.08. The Kier molecular flexibility index (Phi) is 2.48. The van der Waals surface area contributed by atoms with Crippen LogP contribution in [-0.2, 0) is 0 Å². The Hall–Kier alpha value is -0.320. The van der Waals surface area contributed by atoms with E-state index in [9.17, 15) is 0 Å². The smallest absolute Gasteiger partial charge is 0.125 e. The summed E-state index contributed by atoms with van der Waals surface area (Å²) in [4.78, 5) is 4.09. The number of pyridine rings is 1. The van der Waals surface area contributed by atoms with Gasteiger partial charge in [0, 0.05) is 17.8 Å². The van der Waals surface area contributed by atoms with Gasteiger partial charge in [-0.25, -0.2) is 4.98 Å². The lowest BCUT2D eigenvalue weighted by Crippen LogP contribution is -1.89. The number of aryl methyl sites for hydroxylation is 1. The van der Waals surface area contributed by atoms with E-state index in [0.717, 1.165) is 15.0 Å². The molecule has 54 valence electrons. The molecule has 0 spiro atoms. The quantitative estimate of drug-likeness (QED) is 0.561. The van der Waals surface area contributed by atoms with Crippen molar-refractivity contribution in [2.75, 3.05) is 7.11 Å². The van der Waals surface area contributed by atoms with Crippen LogP contribution in [-0.4, -0.2) is 12.1 Å². The largest absolute Gasteiger partial charge is 0.496 e. The van der Waals surface area contributed by atoms with Crippen molar-refractivity contribution in [3.05, 3.63) is 21.5 Å². The first kappa shape index (κ1) is 7.78. The fourth-order valence-corrected chi connectivity index (χ4v) is 1.12. The zero-order valence-electron chi connectivity index (χ0n) is 5.89. The van der Waals surface area contributed by atoms with E-state index in [-0.39, 0.29) is 0 Å². The minimum atomic E-state index is 0.902. The van der Waals surface area contributed by atoms with Crippen molar-refractivity contribution in [1.82, 2.24) is 4.98 Å². The van der Waals surface area contributed by atoms with Gasteiger partial charge in [-0.05, 0) is 29.5 Å². The fraction of sp³-hybridized carbons (Fsp3) is 0.286. The van der Waals surface area contributed by atoms with Crippen LogP contribution in [0.25, 0.3) is 0 Å². The van der Waals surface area contributed by atoms with E-state index in [1.165, 1.54) is 0 Å². The number of nitrogens with zero attached hydrogens (tertiary/aromatic N) is 1. The van der Waals surface area contributed by atoms with Crippen LogP contribution in [0.2, 0.25) is 0 Å². The lowest BCUT2D eigenvalue weighted by Gasteiger charge is -2.02. The molecule has 0 aromatic carbocycles. The van der Waals surface area contributed by atoms with Gasteiger partial charge in [0.05, 0.1) is 7.11 Å². The highest BCUT2D eigenvalue weighted by Gasteiger charge is 1.97. The summed E-state index contributed by atoms with van der Waals surface area (Å²) in [5.41, 5.74) is 1.07. The average molecular weight is 249 g/mol. The monoisotopic (exact) mass is 249 g/mol. The fourth-order valence-electron chi connectivity index (χ4n) is 0.701. The third-order valence-corrected chi connectivity index (χ3v) is 1.83. The minimum absolute atomic E-state index is 0.902. The van der Waals surface area contributed by atoms with Gasteiger partial charge in [0.1, 0.15) is 9.45 Å². The van der Waals surface area contributed by atoms with Gasteiger partial charge in [0.15, 0.2) is 0 Å². The molecule has 0 aliphatic heterocycles. The Morgan fingerprint density at radius 2 is 2.30 bits per heavy atom. The lowest BCUT2D eigenvalue weighted by molar-refractivity contribution is 0.410. The number of hydrogen-bond donors (Lipinski definition) is 0. The predicted octanol–water partition coefficient (Wildman–Crippen LogP) is 2.00. The summed E-state index contributed by atoms with van der Waals surface area (Å²) >= 11 is 2.15. The molecular formula is C7H8INO. The van der Waals surface area contributed by atoms with Gasteiger partial charge in [-0.1, -0.05) is 0 Å². The first-order chi connectivity index (χ1) is 4.74. The topological polar surface area (TPSA) is 22.1 Å². The summed E-state index contributed by atoms with van der Waals surface area (Å²) in [5, 5.41) is 0. The maximum Gasteiger partial charge on any atom is 0.125 e. The molecule has 0 atom stereocenters. The minimum Gasteiger partial charge on any atom is -0.496 e. The normalized spacial score (nSPS) is 9.50. The molecule has 0 fully saturated rings. The maximum absolute atomic E-state index is 5.08. The Balaban J connectivity index is 3.09. The first-order valence-electron chi connectivity index (χ1n) is 2.90. The van der Waals surface area contributed by atoms with Crippen LogP contribution in [0, 0.1) is 10.6 Å². The molecule has 0 aliphatic rings. The summed E-state index contributed by atoms with van der Waals surface area (Å²) in [6.07, 6.45) is 1.81. The van der Waals surface area contributed by atoms with Gasteiger partial charge in [0.25, 0.3) is 0 Å². The van der Waals surface area contributed by atoms with E-state index in [1.54, 1.807) is 13.3 Å². The van der Waals surface area contributed by atoms with E-state index in [1.807, 2.05) is 13.0 Å². The Labute approximate surface area is 73.8 Å². The Morgan fingerprint density at radius 3 is 2.80 bits per heavy atom. The highest BCUT2D eigenvalue weighted by atomic mass is 127. The highest BCUT2D eigenvalue weighted by molar-refractivity contribution is 14.1. The molecule has 1 heterocycles. The van der Waals surface area contributed by atoms with Gasteiger partial charge >= 0.3 is 0 Å². The molecule has 0 radical (unpaired) electrons. The molecule has 0 N–H and O–H groups in total. The van der Waals surface area contributed by atoms with Crippen molar-refractivity contribution < 1.29 is 4.74 Å². The number of hydrogen-bond acceptors (Lipinski definition) is 2. The number of rotatable bonds is 1. The van der Waals surface area contributed by atoms with Gasteiger partial charge in [0.2, 0.25) is 0 Å². The Morgan fingerprint density at radius 1 is 1.60 bits per heavy atom. The number of methoxy groups -OCH3 is 1. The van der Waals surface area contributed by atoms with Crippen LogP contribution in [0.15, 0.2) is 12.3 Å². The summed E-state index contributed by atoms with van der Waals surface area (Å²) in [7, 11) is 1.67. The molecule has 0 amide bonds. The molecule has 2 nitrogen and oxygen atoms in total. The molecule has 3 heteroatoms. The van der Waals surface area contributed by atoms with Crippen LogP contribution in [0.5, 0.6) is 5.75 Å². The Bertz CT molecular complexity index is 237. The lowest BCUT2D eigenvalue weighted by atomic mass is 10.3. The average Bonchev–Trinajstić information content (AvgIpc) is 1.94. The van der Waals surface area contributed by atoms with Gasteiger partial charge in [-0.2, -0.15) is 0 Å². The van der Waals surface area contributed by atoms with Crippen LogP contribution >= 0.6 is 22.6 Å². The number of halogens is 1. The second-order valence-electron chi connectivity index (χ2n) is 1.98. The standard InChI is InChI=1S/C7H8INO/c1-5-4-9-7(8)3-6(5)10-2/h3-4H,1-2H3. The van der Waals surface area contributed by atoms with Crippen molar-refractivity contribution in [3.8, 4) is 5.75 Å². The van der Waals surface area contributed by atoms with E-state index in [4.69, 9.17) is 4.74 Å². The molecule has 0 saturated carbocycles. The van der Waals surface area contributed by atoms with Crippen LogP contribution in [0.1, 0.15) is 5.56 Å². The van der Waals surface area contributed by atoms with Crippen molar-refractivity contribution >= 4 is 22.6 Å². The van der Waals surface area contributed by atoms with E-state index in [0.29, 0.717) is 0 Å². The highest BCUT2D eigenvalue weighted by Crippen LogP contribution is 2.17. The summed E-state index contributed by atoms with van der Waals surface area (Å²) < 4.78 is 6.04.